The van der Waals surface area contributed by atoms with Crippen LogP contribution in [0.2, 0.25) is 5.02 Å². The van der Waals surface area contributed by atoms with E-state index in [4.69, 9.17) is 11.6 Å². The lowest BCUT2D eigenvalue weighted by Crippen LogP contribution is -1.77. The van der Waals surface area contributed by atoms with Crippen molar-refractivity contribution in [2.75, 3.05) is 0 Å². The molecule has 0 unspecified atom stereocenters. The number of rotatable bonds is 3. The van der Waals surface area contributed by atoms with Crippen LogP contribution in [0.5, 0.6) is 0 Å². The van der Waals surface area contributed by atoms with Crippen LogP contribution in [0.3, 0.4) is 0 Å². The van der Waals surface area contributed by atoms with Crippen molar-refractivity contribution >= 4 is 34.7 Å². The van der Waals surface area contributed by atoms with E-state index in [0.717, 1.165) is 10.8 Å². The van der Waals surface area contributed by atoms with Gasteiger partial charge in [0.2, 0.25) is 0 Å². The van der Waals surface area contributed by atoms with Crippen LogP contribution in [-0.4, -0.2) is 0 Å². The first-order chi connectivity index (χ1) is 6.84. The third-order valence-electron chi connectivity index (χ3n) is 1.79. The first-order valence-electron chi connectivity index (χ1n) is 4.25. The summed E-state index contributed by atoms with van der Waals surface area (Å²) in [5.41, 5.74) is 1.31. The molecule has 0 N–H and O–H groups in total. The molecule has 14 heavy (non-hydrogen) atoms. The minimum absolute atomic E-state index is 0.801. The summed E-state index contributed by atoms with van der Waals surface area (Å²) in [5, 5.41) is 2.90. The molecule has 1 aromatic carbocycles. The van der Waals surface area contributed by atoms with E-state index in [1.54, 1.807) is 11.3 Å². The predicted octanol–water partition coefficient (Wildman–Crippen LogP) is 4.69. The number of halogens is 1. The molecule has 2 aromatic rings. The highest BCUT2D eigenvalue weighted by Gasteiger charge is 1.96. The Labute approximate surface area is 96.9 Å². The fraction of sp³-hybridized carbons (Fsp3) is 0.0909. The largest absolute Gasteiger partial charge is 0.137 e. The molecule has 0 spiro atoms. The number of thiophene rings is 1. The molecule has 0 saturated carbocycles. The highest BCUT2D eigenvalue weighted by Crippen LogP contribution is 2.27. The zero-order valence-corrected chi connectivity index (χ0v) is 9.83. The van der Waals surface area contributed by atoms with Gasteiger partial charge in [0.05, 0.1) is 4.21 Å². The van der Waals surface area contributed by atoms with Crippen molar-refractivity contribution in [3.05, 3.63) is 52.4 Å². The molecule has 0 fully saturated rings. The fourth-order valence-electron chi connectivity index (χ4n) is 1.08. The van der Waals surface area contributed by atoms with Gasteiger partial charge in [0.1, 0.15) is 0 Å². The topological polar surface area (TPSA) is 0 Å². The molecule has 0 atom stereocenters. The Morgan fingerprint density at radius 2 is 1.93 bits per heavy atom. The summed E-state index contributed by atoms with van der Waals surface area (Å²) in [6, 6.07) is 12.2. The van der Waals surface area contributed by atoms with Gasteiger partial charge in [0, 0.05) is 10.8 Å². The monoisotopic (exact) mass is 240 g/mol. The lowest BCUT2D eigenvalue weighted by molar-refractivity contribution is 1.41. The van der Waals surface area contributed by atoms with E-state index >= 15 is 0 Å². The maximum absolute atomic E-state index is 5.81. The molecule has 2 rings (SSSR count). The number of hydrogen-bond acceptors (Lipinski definition) is 2. The lowest BCUT2D eigenvalue weighted by atomic mass is 10.2. The molecule has 72 valence electrons. The maximum atomic E-state index is 5.81. The van der Waals surface area contributed by atoms with Gasteiger partial charge in [-0.1, -0.05) is 29.8 Å². The average Bonchev–Trinajstić information content (AvgIpc) is 2.70. The summed E-state index contributed by atoms with van der Waals surface area (Å²) >= 11 is 9.45. The van der Waals surface area contributed by atoms with E-state index in [1.807, 2.05) is 23.9 Å². The van der Waals surface area contributed by atoms with Crippen molar-refractivity contribution in [3.8, 4) is 0 Å². The zero-order valence-electron chi connectivity index (χ0n) is 7.44. The number of hydrogen-bond donors (Lipinski definition) is 0. The SMILES string of the molecule is Clc1ccc(CSc2cccs2)cc1. The fourth-order valence-corrected chi connectivity index (χ4v) is 2.95. The summed E-state index contributed by atoms with van der Waals surface area (Å²) in [6.07, 6.45) is 0. The van der Waals surface area contributed by atoms with Crippen molar-refractivity contribution in [3.63, 3.8) is 0 Å². The smallest absolute Gasteiger partial charge is 0.0601 e. The molecule has 0 nitrogen and oxygen atoms in total. The third-order valence-corrected chi connectivity index (χ3v) is 4.24. The summed E-state index contributed by atoms with van der Waals surface area (Å²) in [7, 11) is 0. The van der Waals surface area contributed by atoms with Crippen LogP contribution in [0.4, 0.5) is 0 Å². The van der Waals surface area contributed by atoms with Gasteiger partial charge in [-0.05, 0) is 29.1 Å². The molecule has 0 amide bonds. The van der Waals surface area contributed by atoms with Crippen LogP contribution in [0.1, 0.15) is 5.56 Å². The zero-order chi connectivity index (χ0) is 9.80. The van der Waals surface area contributed by atoms with Crippen LogP contribution >= 0.6 is 34.7 Å². The Hall–Kier alpha value is -0.440. The Kier molecular flexibility index (Phi) is 3.51. The standard InChI is InChI=1S/C11H9ClS2/c12-10-5-3-9(4-6-10)8-14-11-2-1-7-13-11/h1-7H,8H2. The van der Waals surface area contributed by atoms with Gasteiger partial charge in [0.25, 0.3) is 0 Å². The lowest BCUT2D eigenvalue weighted by Gasteiger charge is -1.99. The Morgan fingerprint density at radius 3 is 2.57 bits per heavy atom. The molecular weight excluding hydrogens is 232 g/mol. The van der Waals surface area contributed by atoms with Gasteiger partial charge in [0.15, 0.2) is 0 Å². The minimum atomic E-state index is 0.801. The number of benzene rings is 1. The van der Waals surface area contributed by atoms with E-state index in [-0.39, 0.29) is 0 Å². The summed E-state index contributed by atoms with van der Waals surface area (Å²) in [6.45, 7) is 0. The van der Waals surface area contributed by atoms with Crippen LogP contribution in [-0.2, 0) is 5.75 Å². The molecule has 3 heteroatoms. The van der Waals surface area contributed by atoms with E-state index in [1.165, 1.54) is 9.77 Å². The normalized spacial score (nSPS) is 10.4. The van der Waals surface area contributed by atoms with Crippen molar-refractivity contribution in [2.24, 2.45) is 0 Å². The van der Waals surface area contributed by atoms with Crippen molar-refractivity contribution < 1.29 is 0 Å². The maximum Gasteiger partial charge on any atom is 0.0601 e. The summed E-state index contributed by atoms with van der Waals surface area (Å²) in [5.74, 6) is 1.01. The Morgan fingerprint density at radius 1 is 1.14 bits per heavy atom. The number of thioether (sulfide) groups is 1. The average molecular weight is 241 g/mol. The van der Waals surface area contributed by atoms with Gasteiger partial charge in [-0.25, -0.2) is 0 Å². The minimum Gasteiger partial charge on any atom is -0.137 e. The molecule has 0 aliphatic rings. The first-order valence-corrected chi connectivity index (χ1v) is 6.50. The second kappa shape index (κ2) is 4.87. The van der Waals surface area contributed by atoms with E-state index in [9.17, 15) is 0 Å². The van der Waals surface area contributed by atoms with Gasteiger partial charge in [-0.15, -0.1) is 23.1 Å². The van der Waals surface area contributed by atoms with Gasteiger partial charge >= 0.3 is 0 Å². The quantitative estimate of drug-likeness (QED) is 0.702. The molecule has 1 heterocycles. The highest BCUT2D eigenvalue weighted by atomic mass is 35.5. The third kappa shape index (κ3) is 2.77. The second-order valence-electron chi connectivity index (χ2n) is 2.85. The molecular formula is C11H9ClS2. The van der Waals surface area contributed by atoms with Gasteiger partial charge in [-0.2, -0.15) is 0 Å². The molecule has 0 bridgehead atoms. The first kappa shape index (κ1) is 10.1. The van der Waals surface area contributed by atoms with E-state index in [0.29, 0.717) is 0 Å². The van der Waals surface area contributed by atoms with Crippen molar-refractivity contribution in [1.29, 1.82) is 0 Å². The van der Waals surface area contributed by atoms with E-state index < -0.39 is 0 Å². The van der Waals surface area contributed by atoms with Gasteiger partial charge in [-0.3, -0.25) is 0 Å². The molecule has 0 radical (unpaired) electrons. The molecule has 0 aliphatic carbocycles. The summed E-state index contributed by atoms with van der Waals surface area (Å²) in [4.78, 5) is 0. The molecule has 0 saturated heterocycles. The van der Waals surface area contributed by atoms with Gasteiger partial charge < -0.3 is 0 Å². The van der Waals surface area contributed by atoms with E-state index in [2.05, 4.69) is 29.6 Å². The second-order valence-corrected chi connectivity index (χ2v) is 5.51. The highest BCUT2D eigenvalue weighted by molar-refractivity contribution is 8.00. The van der Waals surface area contributed by atoms with Crippen molar-refractivity contribution in [1.82, 2.24) is 0 Å². The van der Waals surface area contributed by atoms with Crippen molar-refractivity contribution in [2.45, 2.75) is 9.96 Å². The Bertz CT molecular complexity index is 378. The van der Waals surface area contributed by atoms with Crippen LogP contribution < -0.4 is 0 Å². The van der Waals surface area contributed by atoms with Crippen LogP contribution in [0.15, 0.2) is 46.0 Å². The Balaban J connectivity index is 1.95. The predicted molar refractivity (Wildman–Crippen MR) is 65.3 cm³/mol. The summed E-state index contributed by atoms with van der Waals surface area (Å²) < 4.78 is 1.36. The van der Waals surface area contributed by atoms with Crippen LogP contribution in [0.25, 0.3) is 0 Å². The molecule has 0 aliphatic heterocycles. The van der Waals surface area contributed by atoms with Crippen LogP contribution in [0, 0.1) is 0 Å². The molecule has 1 aromatic heterocycles.